The van der Waals surface area contributed by atoms with Crippen LogP contribution in [-0.2, 0) is 12.8 Å². The number of carbonyl (C=O) groups excluding carboxylic acids is 1. The van der Waals surface area contributed by atoms with Gasteiger partial charge in [0.15, 0.2) is 0 Å². The van der Waals surface area contributed by atoms with E-state index in [2.05, 4.69) is 13.0 Å². The molecule has 1 aliphatic carbocycles. The van der Waals surface area contributed by atoms with Gasteiger partial charge in [-0.2, -0.15) is 0 Å². The lowest BCUT2D eigenvalue weighted by Crippen LogP contribution is -2.28. The summed E-state index contributed by atoms with van der Waals surface area (Å²) < 4.78 is 0. The first-order valence-electron chi connectivity index (χ1n) is 7.19. The summed E-state index contributed by atoms with van der Waals surface area (Å²) in [6.07, 6.45) is 4.44. The Hall–Kier alpha value is -0.870. The van der Waals surface area contributed by atoms with Crippen LogP contribution in [0.4, 0.5) is 0 Å². The van der Waals surface area contributed by atoms with E-state index in [1.54, 1.807) is 11.3 Å². The van der Waals surface area contributed by atoms with Gasteiger partial charge in [0, 0.05) is 30.5 Å². The molecule has 19 heavy (non-hydrogen) atoms. The van der Waals surface area contributed by atoms with Gasteiger partial charge in [0.1, 0.15) is 0 Å². The summed E-state index contributed by atoms with van der Waals surface area (Å²) >= 11 is 1.69. The first kappa shape index (κ1) is 13.1. The lowest BCUT2D eigenvalue weighted by atomic mass is 9.90. The van der Waals surface area contributed by atoms with Gasteiger partial charge in [-0.1, -0.05) is 6.92 Å². The van der Waals surface area contributed by atoms with Crippen LogP contribution in [0.15, 0.2) is 6.07 Å². The zero-order chi connectivity index (χ0) is 13.4. The van der Waals surface area contributed by atoms with Gasteiger partial charge in [-0.05, 0) is 43.2 Å². The highest BCUT2D eigenvalue weighted by Gasteiger charge is 2.28. The van der Waals surface area contributed by atoms with Crippen LogP contribution in [0.1, 0.15) is 39.9 Å². The number of nitrogens with zero attached hydrogens (tertiary/aromatic N) is 1. The van der Waals surface area contributed by atoms with E-state index in [1.165, 1.54) is 16.9 Å². The third-order valence-corrected chi connectivity index (χ3v) is 5.60. The van der Waals surface area contributed by atoms with Crippen molar-refractivity contribution in [2.45, 2.75) is 32.6 Å². The average molecular weight is 279 g/mol. The molecule has 0 aromatic carbocycles. The van der Waals surface area contributed by atoms with E-state index < -0.39 is 0 Å². The summed E-state index contributed by atoms with van der Waals surface area (Å²) in [5, 5.41) is 9.16. The fourth-order valence-electron chi connectivity index (χ4n) is 3.13. The second kappa shape index (κ2) is 5.25. The Kier molecular flexibility index (Phi) is 3.63. The number of hydrogen-bond donors (Lipinski definition) is 1. The van der Waals surface area contributed by atoms with Crippen LogP contribution in [-0.4, -0.2) is 35.6 Å². The number of likely N-dealkylation sites (tertiary alicyclic amines) is 1. The van der Waals surface area contributed by atoms with E-state index in [4.69, 9.17) is 5.11 Å². The Bertz CT molecular complexity index is 482. The molecule has 0 bridgehead atoms. The van der Waals surface area contributed by atoms with Crippen molar-refractivity contribution in [2.75, 3.05) is 19.7 Å². The molecule has 3 nitrogen and oxygen atoms in total. The Balaban J connectivity index is 1.74. The summed E-state index contributed by atoms with van der Waals surface area (Å²) in [6.45, 7) is 3.99. The molecule has 1 aromatic heterocycles. The summed E-state index contributed by atoms with van der Waals surface area (Å²) in [4.78, 5) is 16.7. The van der Waals surface area contributed by atoms with Crippen molar-refractivity contribution in [1.82, 2.24) is 4.90 Å². The fourth-order valence-corrected chi connectivity index (χ4v) is 4.31. The zero-order valence-corrected chi connectivity index (χ0v) is 12.2. The minimum absolute atomic E-state index is 0.169. The minimum atomic E-state index is 0.169. The molecule has 1 fully saturated rings. The molecule has 1 amide bonds. The molecule has 2 unspecified atom stereocenters. The number of rotatable bonds is 2. The highest BCUT2D eigenvalue weighted by molar-refractivity contribution is 7.14. The van der Waals surface area contributed by atoms with Crippen LogP contribution in [0.25, 0.3) is 0 Å². The third-order valence-electron chi connectivity index (χ3n) is 4.37. The number of hydrogen-bond acceptors (Lipinski definition) is 3. The maximum absolute atomic E-state index is 12.5. The van der Waals surface area contributed by atoms with Crippen molar-refractivity contribution in [2.24, 2.45) is 11.8 Å². The normalized spacial score (nSPS) is 26.5. The maximum Gasteiger partial charge on any atom is 0.263 e. The quantitative estimate of drug-likeness (QED) is 0.902. The Morgan fingerprint density at radius 1 is 1.53 bits per heavy atom. The molecule has 0 spiro atoms. The molecule has 0 radical (unpaired) electrons. The van der Waals surface area contributed by atoms with Crippen molar-refractivity contribution in [1.29, 1.82) is 0 Å². The number of aryl methyl sites for hydroxylation is 1. The Morgan fingerprint density at radius 2 is 2.37 bits per heavy atom. The number of fused-ring (bicyclic) bond motifs is 1. The van der Waals surface area contributed by atoms with Gasteiger partial charge in [-0.15, -0.1) is 11.3 Å². The van der Waals surface area contributed by atoms with Gasteiger partial charge in [-0.3, -0.25) is 4.79 Å². The highest BCUT2D eigenvalue weighted by Crippen LogP contribution is 2.33. The van der Waals surface area contributed by atoms with Crippen molar-refractivity contribution in [3.8, 4) is 0 Å². The highest BCUT2D eigenvalue weighted by atomic mass is 32.1. The number of aliphatic hydroxyl groups is 1. The van der Waals surface area contributed by atoms with Gasteiger partial charge in [0.2, 0.25) is 0 Å². The van der Waals surface area contributed by atoms with Crippen LogP contribution in [0.2, 0.25) is 0 Å². The molecule has 104 valence electrons. The third kappa shape index (κ3) is 2.56. The van der Waals surface area contributed by atoms with Crippen molar-refractivity contribution < 1.29 is 9.90 Å². The molecule has 1 aromatic rings. The van der Waals surface area contributed by atoms with Crippen molar-refractivity contribution >= 4 is 17.2 Å². The maximum atomic E-state index is 12.5. The molecular weight excluding hydrogens is 258 g/mol. The van der Waals surface area contributed by atoms with Crippen LogP contribution >= 0.6 is 11.3 Å². The van der Waals surface area contributed by atoms with Crippen LogP contribution in [0, 0.1) is 11.8 Å². The minimum Gasteiger partial charge on any atom is -0.396 e. The molecular formula is C15H21NO2S. The number of thiophene rings is 1. The predicted octanol–water partition coefficient (Wildman–Crippen LogP) is 2.33. The van der Waals surface area contributed by atoms with Gasteiger partial charge in [-0.25, -0.2) is 0 Å². The Labute approximate surface area is 118 Å². The first-order chi connectivity index (χ1) is 9.17. The largest absolute Gasteiger partial charge is 0.396 e. The number of aliphatic hydroxyl groups excluding tert-OH is 1. The second-order valence-corrected chi connectivity index (χ2v) is 7.13. The van der Waals surface area contributed by atoms with E-state index in [1.807, 2.05) is 4.90 Å². The topological polar surface area (TPSA) is 40.5 Å². The second-order valence-electron chi connectivity index (χ2n) is 6.00. The molecule has 2 heterocycles. The predicted molar refractivity (Wildman–Crippen MR) is 76.6 cm³/mol. The van der Waals surface area contributed by atoms with E-state index in [9.17, 15) is 4.79 Å². The van der Waals surface area contributed by atoms with Crippen LogP contribution in [0.3, 0.4) is 0 Å². The first-order valence-corrected chi connectivity index (χ1v) is 8.00. The van der Waals surface area contributed by atoms with Gasteiger partial charge < -0.3 is 10.0 Å². The molecule has 2 aliphatic rings. The Morgan fingerprint density at radius 3 is 3.11 bits per heavy atom. The smallest absolute Gasteiger partial charge is 0.263 e. The number of carbonyl (C=O) groups is 1. The van der Waals surface area contributed by atoms with E-state index in [0.717, 1.165) is 36.6 Å². The van der Waals surface area contributed by atoms with E-state index in [-0.39, 0.29) is 18.4 Å². The summed E-state index contributed by atoms with van der Waals surface area (Å²) in [5.41, 5.74) is 1.39. The summed E-state index contributed by atoms with van der Waals surface area (Å²) in [7, 11) is 0. The molecule has 1 saturated heterocycles. The van der Waals surface area contributed by atoms with Gasteiger partial charge in [0.05, 0.1) is 4.88 Å². The number of amides is 1. The van der Waals surface area contributed by atoms with Crippen LogP contribution in [0.5, 0.6) is 0 Å². The van der Waals surface area contributed by atoms with Gasteiger partial charge >= 0.3 is 0 Å². The van der Waals surface area contributed by atoms with Crippen molar-refractivity contribution in [3.63, 3.8) is 0 Å². The standard InChI is InChI=1S/C15H21NO2S/c1-10-2-3-13-12(6-10)7-14(19-13)15(18)16-5-4-11(8-16)9-17/h7,10-11,17H,2-6,8-9H2,1H3. The van der Waals surface area contributed by atoms with E-state index >= 15 is 0 Å². The molecule has 3 rings (SSSR count). The zero-order valence-electron chi connectivity index (χ0n) is 11.4. The summed E-state index contributed by atoms with van der Waals surface area (Å²) in [5.74, 6) is 1.19. The monoisotopic (exact) mass is 279 g/mol. The lowest BCUT2D eigenvalue weighted by Gasteiger charge is -2.16. The summed E-state index contributed by atoms with van der Waals surface area (Å²) in [6, 6.07) is 2.12. The lowest BCUT2D eigenvalue weighted by molar-refractivity contribution is 0.0786. The van der Waals surface area contributed by atoms with Crippen molar-refractivity contribution in [3.05, 3.63) is 21.4 Å². The van der Waals surface area contributed by atoms with E-state index in [0.29, 0.717) is 6.54 Å². The molecule has 1 aliphatic heterocycles. The fraction of sp³-hybridized carbons (Fsp3) is 0.667. The SMILES string of the molecule is CC1CCc2sc(C(=O)N3CCC(CO)C3)cc2C1. The molecule has 4 heteroatoms. The molecule has 1 N–H and O–H groups in total. The van der Waals surface area contributed by atoms with Gasteiger partial charge in [0.25, 0.3) is 5.91 Å². The van der Waals surface area contributed by atoms with Crippen LogP contribution < -0.4 is 0 Å². The average Bonchev–Trinajstić information content (AvgIpc) is 3.03. The molecule has 2 atom stereocenters. The molecule has 0 saturated carbocycles.